The summed E-state index contributed by atoms with van der Waals surface area (Å²) in [5.74, 6) is 0.713. The number of ether oxygens (including phenoxy) is 2. The minimum Gasteiger partial charge on any atom is -0.467 e. The van der Waals surface area contributed by atoms with Gasteiger partial charge in [0.2, 0.25) is 11.9 Å². The number of aromatic nitrogens is 3. The summed E-state index contributed by atoms with van der Waals surface area (Å²) in [6, 6.07) is 0.671. The van der Waals surface area contributed by atoms with E-state index in [1.807, 2.05) is 11.8 Å². The van der Waals surface area contributed by atoms with Crippen molar-refractivity contribution in [1.29, 1.82) is 0 Å². The Balaban J connectivity index is 1.97. The lowest BCUT2D eigenvalue weighted by Gasteiger charge is -2.31. The van der Waals surface area contributed by atoms with Crippen molar-refractivity contribution in [3.63, 3.8) is 0 Å². The molecule has 1 N–H and O–H groups in total. The Hall–Kier alpha value is -2.12. The van der Waals surface area contributed by atoms with Gasteiger partial charge in [-0.15, -0.1) is 4.98 Å². The summed E-state index contributed by atoms with van der Waals surface area (Å²) in [6.07, 6.45) is 2.49. The van der Waals surface area contributed by atoms with E-state index in [0.717, 1.165) is 32.4 Å². The SMILES string of the molecule is CC[C@@H](C)NC(=O)C1CCN(c2nc(OC)nc(OC)n2)CC1. The number of hydrogen-bond donors (Lipinski definition) is 1. The normalized spacial score (nSPS) is 16.8. The second-order valence-corrected chi connectivity index (χ2v) is 5.69. The standard InChI is InChI=1S/C15H25N5O3/c1-5-10(2)16-12(21)11-6-8-20(9-7-11)13-17-14(22-3)19-15(18-13)23-4/h10-11H,5-9H2,1-4H3,(H,16,21)/t10-/m1/s1. The van der Waals surface area contributed by atoms with Crippen LogP contribution >= 0.6 is 0 Å². The molecule has 0 aromatic carbocycles. The van der Waals surface area contributed by atoms with Gasteiger partial charge in [0.1, 0.15) is 0 Å². The van der Waals surface area contributed by atoms with Gasteiger partial charge in [0.05, 0.1) is 14.2 Å². The number of piperidine rings is 1. The van der Waals surface area contributed by atoms with Crippen LogP contribution in [0.3, 0.4) is 0 Å². The third kappa shape index (κ3) is 4.43. The first-order valence-electron chi connectivity index (χ1n) is 7.96. The van der Waals surface area contributed by atoms with Crippen LogP contribution in [0, 0.1) is 5.92 Å². The van der Waals surface area contributed by atoms with E-state index in [1.54, 1.807) is 0 Å². The maximum atomic E-state index is 12.2. The molecule has 1 aromatic heterocycles. The third-order valence-corrected chi connectivity index (χ3v) is 4.10. The molecule has 0 bridgehead atoms. The molecule has 1 amide bonds. The smallest absolute Gasteiger partial charge is 0.324 e. The van der Waals surface area contributed by atoms with Crippen LogP contribution in [0.4, 0.5) is 5.95 Å². The number of nitrogens with zero attached hydrogens (tertiary/aromatic N) is 4. The van der Waals surface area contributed by atoms with Gasteiger partial charge in [0, 0.05) is 25.0 Å². The Kier molecular flexibility index (Phi) is 5.95. The number of carbonyl (C=O) groups excluding carboxylic acids is 1. The summed E-state index contributed by atoms with van der Waals surface area (Å²) in [5.41, 5.74) is 0. The molecule has 23 heavy (non-hydrogen) atoms. The lowest BCUT2D eigenvalue weighted by molar-refractivity contribution is -0.126. The van der Waals surface area contributed by atoms with E-state index < -0.39 is 0 Å². The Morgan fingerprint density at radius 3 is 2.26 bits per heavy atom. The number of rotatable bonds is 6. The Morgan fingerprint density at radius 2 is 1.78 bits per heavy atom. The van der Waals surface area contributed by atoms with Gasteiger partial charge in [-0.1, -0.05) is 6.92 Å². The molecule has 1 aliphatic rings. The summed E-state index contributed by atoms with van der Waals surface area (Å²) >= 11 is 0. The predicted molar refractivity (Wildman–Crippen MR) is 85.8 cm³/mol. The fraction of sp³-hybridized carbons (Fsp3) is 0.733. The zero-order chi connectivity index (χ0) is 16.8. The molecule has 0 radical (unpaired) electrons. The molecule has 8 heteroatoms. The van der Waals surface area contributed by atoms with E-state index >= 15 is 0 Å². The van der Waals surface area contributed by atoms with E-state index in [-0.39, 0.29) is 29.9 Å². The number of hydrogen-bond acceptors (Lipinski definition) is 7. The van der Waals surface area contributed by atoms with Crippen molar-refractivity contribution in [3.05, 3.63) is 0 Å². The van der Waals surface area contributed by atoms with Crippen molar-refractivity contribution < 1.29 is 14.3 Å². The van der Waals surface area contributed by atoms with Gasteiger partial charge < -0.3 is 19.7 Å². The molecule has 0 aliphatic carbocycles. The third-order valence-electron chi connectivity index (χ3n) is 4.10. The average Bonchev–Trinajstić information content (AvgIpc) is 2.61. The highest BCUT2D eigenvalue weighted by Gasteiger charge is 2.27. The van der Waals surface area contributed by atoms with Gasteiger partial charge in [-0.3, -0.25) is 4.79 Å². The van der Waals surface area contributed by atoms with Crippen molar-refractivity contribution in [2.24, 2.45) is 5.92 Å². The summed E-state index contributed by atoms with van der Waals surface area (Å²) in [7, 11) is 3.01. The molecule has 0 spiro atoms. The van der Waals surface area contributed by atoms with Gasteiger partial charge >= 0.3 is 12.0 Å². The number of amides is 1. The molecule has 128 valence electrons. The molecular weight excluding hydrogens is 298 g/mol. The minimum atomic E-state index is 0.0471. The molecule has 8 nitrogen and oxygen atoms in total. The molecule has 1 aliphatic heterocycles. The number of methoxy groups -OCH3 is 2. The first kappa shape index (κ1) is 17.2. The highest BCUT2D eigenvalue weighted by molar-refractivity contribution is 5.79. The van der Waals surface area contributed by atoms with E-state index in [9.17, 15) is 4.79 Å². The lowest BCUT2D eigenvalue weighted by Crippen LogP contribution is -2.43. The van der Waals surface area contributed by atoms with Gasteiger partial charge in [-0.2, -0.15) is 9.97 Å². The van der Waals surface area contributed by atoms with Crippen LogP contribution in [-0.4, -0.2) is 54.2 Å². The highest BCUT2D eigenvalue weighted by Crippen LogP contribution is 2.23. The van der Waals surface area contributed by atoms with Crippen LogP contribution in [0.2, 0.25) is 0 Å². The summed E-state index contributed by atoms with van der Waals surface area (Å²) < 4.78 is 10.1. The molecule has 0 saturated carbocycles. The van der Waals surface area contributed by atoms with Crippen LogP contribution in [0.5, 0.6) is 12.0 Å². The average molecular weight is 323 g/mol. The van der Waals surface area contributed by atoms with E-state index in [2.05, 4.69) is 27.2 Å². The monoisotopic (exact) mass is 323 g/mol. The van der Waals surface area contributed by atoms with Crippen molar-refractivity contribution in [2.45, 2.75) is 39.2 Å². The molecule has 2 rings (SSSR count). The Morgan fingerprint density at radius 1 is 1.22 bits per heavy atom. The Bertz CT molecular complexity index is 510. The van der Waals surface area contributed by atoms with Crippen LogP contribution in [-0.2, 0) is 4.79 Å². The number of carbonyl (C=O) groups is 1. The van der Waals surface area contributed by atoms with E-state index in [1.165, 1.54) is 14.2 Å². The maximum absolute atomic E-state index is 12.2. The molecule has 1 saturated heterocycles. The zero-order valence-corrected chi connectivity index (χ0v) is 14.2. The van der Waals surface area contributed by atoms with Crippen molar-refractivity contribution in [1.82, 2.24) is 20.3 Å². The molecule has 0 unspecified atom stereocenters. The van der Waals surface area contributed by atoms with Crippen molar-refractivity contribution in [3.8, 4) is 12.0 Å². The van der Waals surface area contributed by atoms with Crippen molar-refractivity contribution >= 4 is 11.9 Å². The fourth-order valence-corrected chi connectivity index (χ4v) is 2.46. The van der Waals surface area contributed by atoms with Gasteiger partial charge in [-0.05, 0) is 26.2 Å². The summed E-state index contributed by atoms with van der Waals surface area (Å²) in [5, 5.41) is 3.05. The van der Waals surface area contributed by atoms with Crippen molar-refractivity contribution in [2.75, 3.05) is 32.2 Å². The quantitative estimate of drug-likeness (QED) is 0.836. The van der Waals surface area contributed by atoms with E-state index in [0.29, 0.717) is 5.95 Å². The molecule has 1 fully saturated rings. The molecule has 2 heterocycles. The van der Waals surface area contributed by atoms with Crippen LogP contribution in [0.25, 0.3) is 0 Å². The predicted octanol–water partition coefficient (Wildman–Crippen LogP) is 1.02. The molecule has 1 atom stereocenters. The zero-order valence-electron chi connectivity index (χ0n) is 14.2. The molecular formula is C15H25N5O3. The van der Waals surface area contributed by atoms with Gasteiger partial charge in [-0.25, -0.2) is 0 Å². The fourth-order valence-electron chi connectivity index (χ4n) is 2.46. The van der Waals surface area contributed by atoms with Crippen LogP contribution < -0.4 is 19.7 Å². The van der Waals surface area contributed by atoms with Gasteiger partial charge in [0.15, 0.2) is 0 Å². The number of nitrogens with one attached hydrogen (secondary N) is 1. The maximum Gasteiger partial charge on any atom is 0.324 e. The minimum absolute atomic E-state index is 0.0471. The lowest BCUT2D eigenvalue weighted by atomic mass is 9.95. The topological polar surface area (TPSA) is 89.5 Å². The second kappa shape index (κ2) is 7.94. The second-order valence-electron chi connectivity index (χ2n) is 5.69. The first-order chi connectivity index (χ1) is 11.1. The highest BCUT2D eigenvalue weighted by atomic mass is 16.5. The summed E-state index contributed by atoms with van der Waals surface area (Å²) in [4.78, 5) is 26.7. The summed E-state index contributed by atoms with van der Waals surface area (Å²) in [6.45, 7) is 5.52. The largest absolute Gasteiger partial charge is 0.467 e. The molecule has 1 aromatic rings. The number of anilines is 1. The Labute approximate surface area is 136 Å². The van der Waals surface area contributed by atoms with E-state index in [4.69, 9.17) is 9.47 Å². The first-order valence-corrected chi connectivity index (χ1v) is 7.96. The van der Waals surface area contributed by atoms with Gasteiger partial charge in [0.25, 0.3) is 0 Å². The van der Waals surface area contributed by atoms with Crippen LogP contribution in [0.15, 0.2) is 0 Å². The van der Waals surface area contributed by atoms with Crippen LogP contribution in [0.1, 0.15) is 33.1 Å².